The fourth-order valence-corrected chi connectivity index (χ4v) is 1.65. The molecule has 0 saturated heterocycles. The summed E-state index contributed by atoms with van der Waals surface area (Å²) in [4.78, 5) is 18.4. The van der Waals surface area contributed by atoms with E-state index in [0.29, 0.717) is 17.9 Å². The first-order chi connectivity index (χ1) is 9.60. The van der Waals surface area contributed by atoms with E-state index in [1.54, 1.807) is 25.4 Å². The lowest BCUT2D eigenvalue weighted by atomic mass is 10.2. The average Bonchev–Trinajstić information content (AvgIpc) is 2.43. The van der Waals surface area contributed by atoms with Gasteiger partial charge in [0, 0.05) is 36.6 Å². The van der Waals surface area contributed by atoms with Crippen LogP contribution < -0.4 is 10.1 Å². The van der Waals surface area contributed by atoms with Gasteiger partial charge in [-0.3, -0.25) is 10.1 Å². The summed E-state index contributed by atoms with van der Waals surface area (Å²) in [5.74, 6) is 0.497. The van der Waals surface area contributed by atoms with E-state index in [0.717, 1.165) is 5.56 Å². The molecule has 0 saturated carbocycles. The predicted octanol–water partition coefficient (Wildman–Crippen LogP) is 2.20. The zero-order chi connectivity index (χ0) is 14.5. The Balaban J connectivity index is 2.15. The molecule has 0 spiro atoms. The maximum absolute atomic E-state index is 10.7. The molecule has 1 aromatic heterocycles. The van der Waals surface area contributed by atoms with Crippen LogP contribution in [0.1, 0.15) is 11.1 Å². The zero-order valence-corrected chi connectivity index (χ0v) is 11.2. The van der Waals surface area contributed by atoms with Gasteiger partial charge in [-0.05, 0) is 25.6 Å². The third-order valence-electron chi connectivity index (χ3n) is 2.63. The Labute approximate surface area is 115 Å². The number of non-ortho nitro benzene ring substituents is 1. The van der Waals surface area contributed by atoms with Crippen molar-refractivity contribution in [2.75, 3.05) is 7.05 Å². The molecule has 2 aromatic rings. The standard InChI is InChI=1S/C13H14N4O3/c1-9-5-11(17(18)19)3-4-12(9)20-13-15-7-10(6-14-2)8-16-13/h3-5,7-8,14H,6H2,1-2H3. The van der Waals surface area contributed by atoms with Gasteiger partial charge in [0.25, 0.3) is 5.69 Å². The molecule has 0 bridgehead atoms. The van der Waals surface area contributed by atoms with Crippen molar-refractivity contribution in [3.8, 4) is 11.8 Å². The smallest absolute Gasteiger partial charge is 0.321 e. The number of ether oxygens (including phenoxy) is 1. The molecule has 0 aliphatic rings. The van der Waals surface area contributed by atoms with Crippen LogP contribution in [0.4, 0.5) is 5.69 Å². The summed E-state index contributed by atoms with van der Waals surface area (Å²) in [6.45, 7) is 2.41. The summed E-state index contributed by atoms with van der Waals surface area (Å²) in [6, 6.07) is 4.59. The number of nitro groups is 1. The number of nitrogens with zero attached hydrogens (tertiary/aromatic N) is 3. The summed E-state index contributed by atoms with van der Waals surface area (Å²) < 4.78 is 5.51. The third kappa shape index (κ3) is 3.27. The van der Waals surface area contributed by atoms with Crippen LogP contribution in [0.2, 0.25) is 0 Å². The Morgan fingerprint density at radius 1 is 1.35 bits per heavy atom. The molecule has 0 atom stereocenters. The minimum atomic E-state index is -0.445. The highest BCUT2D eigenvalue weighted by Crippen LogP contribution is 2.26. The molecule has 104 valence electrons. The number of aryl methyl sites for hydroxylation is 1. The van der Waals surface area contributed by atoms with Gasteiger partial charge in [0.1, 0.15) is 5.75 Å². The van der Waals surface area contributed by atoms with Crippen LogP contribution in [0.25, 0.3) is 0 Å². The van der Waals surface area contributed by atoms with Crippen molar-refractivity contribution in [3.63, 3.8) is 0 Å². The fourth-order valence-electron chi connectivity index (χ4n) is 1.65. The average molecular weight is 274 g/mol. The van der Waals surface area contributed by atoms with Crippen molar-refractivity contribution in [2.24, 2.45) is 0 Å². The van der Waals surface area contributed by atoms with Crippen LogP contribution in [-0.2, 0) is 6.54 Å². The Morgan fingerprint density at radius 3 is 2.60 bits per heavy atom. The van der Waals surface area contributed by atoms with Crippen molar-refractivity contribution in [1.82, 2.24) is 15.3 Å². The maximum Gasteiger partial charge on any atom is 0.321 e. The molecule has 7 nitrogen and oxygen atoms in total. The van der Waals surface area contributed by atoms with Crippen molar-refractivity contribution in [2.45, 2.75) is 13.5 Å². The van der Waals surface area contributed by atoms with E-state index in [2.05, 4.69) is 15.3 Å². The maximum atomic E-state index is 10.7. The normalized spacial score (nSPS) is 10.3. The van der Waals surface area contributed by atoms with E-state index in [9.17, 15) is 10.1 Å². The van der Waals surface area contributed by atoms with Gasteiger partial charge in [-0.25, -0.2) is 9.97 Å². The molecule has 1 N–H and O–H groups in total. The second kappa shape index (κ2) is 6.07. The van der Waals surface area contributed by atoms with Crippen LogP contribution >= 0.6 is 0 Å². The topological polar surface area (TPSA) is 90.2 Å². The summed E-state index contributed by atoms with van der Waals surface area (Å²) in [6.07, 6.45) is 3.33. The first kappa shape index (κ1) is 13.9. The second-order valence-corrected chi connectivity index (χ2v) is 4.21. The molecule has 0 unspecified atom stereocenters. The van der Waals surface area contributed by atoms with Crippen molar-refractivity contribution in [1.29, 1.82) is 0 Å². The predicted molar refractivity (Wildman–Crippen MR) is 72.7 cm³/mol. The Hall–Kier alpha value is -2.54. The molecule has 0 radical (unpaired) electrons. The highest BCUT2D eigenvalue weighted by atomic mass is 16.6. The number of nitro benzene ring substituents is 1. The molecule has 1 heterocycles. The Kier molecular flexibility index (Phi) is 4.21. The second-order valence-electron chi connectivity index (χ2n) is 4.21. The highest BCUT2D eigenvalue weighted by molar-refractivity contribution is 5.43. The minimum Gasteiger partial charge on any atom is -0.424 e. The first-order valence-electron chi connectivity index (χ1n) is 5.98. The third-order valence-corrected chi connectivity index (χ3v) is 2.63. The number of benzene rings is 1. The molecule has 7 heteroatoms. The molecule has 0 amide bonds. The lowest BCUT2D eigenvalue weighted by Gasteiger charge is -2.07. The van der Waals surface area contributed by atoms with Gasteiger partial charge in [-0.2, -0.15) is 0 Å². The van der Waals surface area contributed by atoms with Gasteiger partial charge in [0.15, 0.2) is 0 Å². The number of hydrogen-bond acceptors (Lipinski definition) is 6. The lowest BCUT2D eigenvalue weighted by Crippen LogP contribution is -2.06. The molecular formula is C13H14N4O3. The molecule has 0 aliphatic carbocycles. The van der Waals surface area contributed by atoms with Gasteiger partial charge >= 0.3 is 6.01 Å². The van der Waals surface area contributed by atoms with Crippen molar-refractivity contribution in [3.05, 3.63) is 51.8 Å². The van der Waals surface area contributed by atoms with E-state index in [1.807, 2.05) is 7.05 Å². The fraction of sp³-hybridized carbons (Fsp3) is 0.231. The van der Waals surface area contributed by atoms with Gasteiger partial charge < -0.3 is 10.1 Å². The summed E-state index contributed by atoms with van der Waals surface area (Å²) in [7, 11) is 1.84. The van der Waals surface area contributed by atoms with Gasteiger partial charge in [-0.15, -0.1) is 0 Å². The Bertz CT molecular complexity index is 614. The highest BCUT2D eigenvalue weighted by Gasteiger charge is 2.10. The number of rotatable bonds is 5. The van der Waals surface area contributed by atoms with Crippen molar-refractivity contribution >= 4 is 5.69 Å². The van der Waals surface area contributed by atoms with Crippen molar-refractivity contribution < 1.29 is 9.66 Å². The van der Waals surface area contributed by atoms with E-state index in [1.165, 1.54) is 12.1 Å². The van der Waals surface area contributed by atoms with Gasteiger partial charge in [0.05, 0.1) is 4.92 Å². The molecule has 2 rings (SSSR count). The van der Waals surface area contributed by atoms with Crippen LogP contribution in [0.3, 0.4) is 0 Å². The van der Waals surface area contributed by atoms with E-state index >= 15 is 0 Å². The zero-order valence-electron chi connectivity index (χ0n) is 11.2. The summed E-state index contributed by atoms with van der Waals surface area (Å²) in [5, 5.41) is 13.7. The van der Waals surface area contributed by atoms with Crippen LogP contribution in [0.15, 0.2) is 30.6 Å². The molecule has 0 fully saturated rings. The first-order valence-corrected chi connectivity index (χ1v) is 5.98. The number of hydrogen-bond donors (Lipinski definition) is 1. The van der Waals surface area contributed by atoms with E-state index < -0.39 is 4.92 Å². The van der Waals surface area contributed by atoms with E-state index in [-0.39, 0.29) is 11.7 Å². The quantitative estimate of drug-likeness (QED) is 0.664. The lowest BCUT2D eigenvalue weighted by molar-refractivity contribution is -0.384. The number of aromatic nitrogens is 2. The molecule has 1 aromatic carbocycles. The van der Waals surface area contributed by atoms with E-state index in [4.69, 9.17) is 4.74 Å². The van der Waals surface area contributed by atoms with Crippen LogP contribution in [-0.4, -0.2) is 21.9 Å². The summed E-state index contributed by atoms with van der Waals surface area (Å²) in [5.41, 5.74) is 1.63. The van der Waals surface area contributed by atoms with Gasteiger partial charge in [0.2, 0.25) is 0 Å². The minimum absolute atomic E-state index is 0.0279. The monoisotopic (exact) mass is 274 g/mol. The molecular weight excluding hydrogens is 260 g/mol. The number of nitrogens with one attached hydrogen (secondary N) is 1. The SMILES string of the molecule is CNCc1cnc(Oc2ccc([N+](=O)[O-])cc2C)nc1. The largest absolute Gasteiger partial charge is 0.424 e. The summed E-state index contributed by atoms with van der Waals surface area (Å²) >= 11 is 0. The van der Waals surface area contributed by atoms with Gasteiger partial charge in [-0.1, -0.05) is 0 Å². The molecule has 20 heavy (non-hydrogen) atoms. The van der Waals surface area contributed by atoms with Crippen LogP contribution in [0, 0.1) is 17.0 Å². The molecule has 0 aliphatic heterocycles. The Morgan fingerprint density at radius 2 is 2.05 bits per heavy atom. The van der Waals surface area contributed by atoms with Crippen LogP contribution in [0.5, 0.6) is 11.8 Å².